The van der Waals surface area contributed by atoms with Crippen molar-refractivity contribution < 1.29 is 42.2 Å². The van der Waals surface area contributed by atoms with Gasteiger partial charge in [-0.1, -0.05) is 54.6 Å². The van der Waals surface area contributed by atoms with E-state index in [9.17, 15) is 27.6 Å². The maximum atomic E-state index is 13.4. The number of carboxylic acids is 1. The highest BCUT2D eigenvalue weighted by molar-refractivity contribution is 6.09. The molecular weight excluding hydrogens is 517 g/mol. The molecule has 2 aromatic carbocycles. The number of amides is 2. The summed E-state index contributed by atoms with van der Waals surface area (Å²) in [7, 11) is 1.37. The van der Waals surface area contributed by atoms with Crippen molar-refractivity contribution >= 4 is 23.8 Å². The zero-order valence-corrected chi connectivity index (χ0v) is 21.5. The molecule has 5 rings (SSSR count). The lowest BCUT2D eigenvalue weighted by Crippen LogP contribution is -2.59. The number of aliphatic carboxylic acids is 1. The van der Waals surface area contributed by atoms with Crippen LogP contribution in [0.15, 0.2) is 54.6 Å². The molecule has 2 aromatic rings. The summed E-state index contributed by atoms with van der Waals surface area (Å²) in [6.07, 6.45) is -2.78. The molecule has 0 bridgehead atoms. The highest BCUT2D eigenvalue weighted by Crippen LogP contribution is 2.58. The Morgan fingerprint density at radius 3 is 2.13 bits per heavy atom. The van der Waals surface area contributed by atoms with Crippen molar-refractivity contribution in [3.63, 3.8) is 0 Å². The number of likely N-dealkylation sites (tertiary alicyclic amines) is 1. The summed E-state index contributed by atoms with van der Waals surface area (Å²) >= 11 is 0. The Hall–Kier alpha value is -3.73. The first kappa shape index (κ1) is 28.3. The molecule has 3 aliphatic heterocycles. The van der Waals surface area contributed by atoms with Crippen LogP contribution in [0.5, 0.6) is 0 Å². The van der Waals surface area contributed by atoms with Gasteiger partial charge in [0.25, 0.3) is 0 Å². The zero-order valence-electron chi connectivity index (χ0n) is 21.5. The highest BCUT2D eigenvalue weighted by Gasteiger charge is 2.72. The molecule has 0 radical (unpaired) electrons. The van der Waals surface area contributed by atoms with Crippen LogP contribution in [0, 0.1) is 11.8 Å². The van der Waals surface area contributed by atoms with E-state index in [1.165, 1.54) is 12.0 Å². The van der Waals surface area contributed by atoms with Crippen molar-refractivity contribution in [1.29, 1.82) is 0 Å². The van der Waals surface area contributed by atoms with Gasteiger partial charge in [-0.05, 0) is 49.4 Å². The Morgan fingerprint density at radius 2 is 1.59 bits per heavy atom. The lowest BCUT2D eigenvalue weighted by atomic mass is 9.75. The van der Waals surface area contributed by atoms with Gasteiger partial charge in [-0.2, -0.15) is 13.2 Å². The zero-order chi connectivity index (χ0) is 28.5. The number of alkyl halides is 3. The predicted molar refractivity (Wildman–Crippen MR) is 133 cm³/mol. The minimum Gasteiger partial charge on any atom is -0.475 e. The Bertz CT molecular complexity index is 1250. The van der Waals surface area contributed by atoms with Crippen molar-refractivity contribution in [2.75, 3.05) is 20.2 Å². The molecule has 0 aliphatic carbocycles. The Balaban J connectivity index is 0.000000448. The second-order valence-corrected chi connectivity index (χ2v) is 9.73. The number of imide groups is 1. The molecule has 39 heavy (non-hydrogen) atoms. The molecule has 3 heterocycles. The second-order valence-electron chi connectivity index (χ2n) is 9.73. The number of nitrogens with zero attached hydrogens (tertiary/aromatic N) is 2. The third-order valence-electron chi connectivity index (χ3n) is 7.81. The number of carbonyl (C=O) groups excluding carboxylic acids is 3. The lowest BCUT2D eigenvalue weighted by Gasteiger charge is -2.44. The molecule has 3 fully saturated rings. The summed E-state index contributed by atoms with van der Waals surface area (Å²) in [5, 5.41) is 7.12. The molecule has 11 heteroatoms. The van der Waals surface area contributed by atoms with E-state index in [2.05, 4.69) is 29.2 Å². The van der Waals surface area contributed by atoms with Crippen LogP contribution in [0.25, 0.3) is 11.1 Å². The summed E-state index contributed by atoms with van der Waals surface area (Å²) in [6.45, 7) is 2.80. The molecular formula is C28H29F3N2O6. The monoisotopic (exact) mass is 546 g/mol. The van der Waals surface area contributed by atoms with Gasteiger partial charge in [0.2, 0.25) is 11.8 Å². The van der Waals surface area contributed by atoms with Gasteiger partial charge < -0.3 is 9.84 Å². The van der Waals surface area contributed by atoms with Crippen molar-refractivity contribution in [1.82, 2.24) is 9.80 Å². The van der Waals surface area contributed by atoms with E-state index in [1.54, 1.807) is 0 Å². The second kappa shape index (κ2) is 10.8. The van der Waals surface area contributed by atoms with Crippen LogP contribution in [0.1, 0.15) is 37.8 Å². The van der Waals surface area contributed by atoms with E-state index >= 15 is 0 Å². The summed E-state index contributed by atoms with van der Waals surface area (Å²) in [6, 6.07) is 18.0. The molecule has 1 N–H and O–H groups in total. The largest absolute Gasteiger partial charge is 0.490 e. The fraction of sp³-hybridized carbons (Fsp3) is 0.429. The van der Waals surface area contributed by atoms with Gasteiger partial charge in [-0.3, -0.25) is 24.2 Å². The number of benzene rings is 2. The Kier molecular flexibility index (Phi) is 7.83. The predicted octanol–water partition coefficient (Wildman–Crippen LogP) is 4.06. The fourth-order valence-corrected chi connectivity index (χ4v) is 6.23. The first-order chi connectivity index (χ1) is 18.5. The van der Waals surface area contributed by atoms with Crippen LogP contribution >= 0.6 is 0 Å². The topological polar surface area (TPSA) is 104 Å². The molecule has 0 unspecified atom stereocenters. The number of ether oxygens (including phenoxy) is 1. The molecule has 4 atom stereocenters. The number of carbonyl (C=O) groups is 4. The van der Waals surface area contributed by atoms with E-state index in [0.29, 0.717) is 19.5 Å². The Labute approximate surface area is 223 Å². The smallest absolute Gasteiger partial charge is 0.475 e. The molecule has 3 aliphatic rings. The number of fused-ring (bicyclic) bond motifs is 3. The molecule has 2 amide bonds. The van der Waals surface area contributed by atoms with Gasteiger partial charge in [0.1, 0.15) is 5.54 Å². The molecule has 3 saturated heterocycles. The SMILES string of the molecule is CCN1C(=O)[C@@H]2[C@@H](c3ccc(-c4ccccc4)cc3)N3CCCC[C@@]3(C(=O)OC)[C@@H]2C1=O.O=C(O)C(F)(F)F. The van der Waals surface area contributed by atoms with Gasteiger partial charge in [-0.25, -0.2) is 4.79 Å². The molecule has 208 valence electrons. The quantitative estimate of drug-likeness (QED) is 0.456. The average molecular weight is 547 g/mol. The minimum atomic E-state index is -5.08. The number of halogens is 3. The van der Waals surface area contributed by atoms with Crippen molar-refractivity contribution in [3.8, 4) is 11.1 Å². The van der Waals surface area contributed by atoms with E-state index in [-0.39, 0.29) is 17.9 Å². The average Bonchev–Trinajstić information content (AvgIpc) is 3.38. The normalized spacial score (nSPS) is 26.4. The standard InChI is InChI=1S/C26H28N2O4.C2HF3O2/c1-3-27-23(29)20-21(24(27)30)26(25(31)32-2)15-7-8-16-28(26)22(20)19-13-11-18(12-14-19)17-9-5-4-6-10-17;3-2(4,5)1(6)7/h4-6,9-14,20-22H,3,7-8,15-16H2,1-2H3;(H,6,7)/t20-,21-,22+,26-;/m0./s1. The minimum absolute atomic E-state index is 0.169. The Morgan fingerprint density at radius 1 is 1.00 bits per heavy atom. The number of methoxy groups -OCH3 is 1. The summed E-state index contributed by atoms with van der Waals surface area (Å²) in [5.41, 5.74) is 2.10. The van der Waals surface area contributed by atoms with Gasteiger partial charge >= 0.3 is 18.1 Å². The molecule has 0 aromatic heterocycles. The molecule has 0 saturated carbocycles. The first-order valence-corrected chi connectivity index (χ1v) is 12.6. The van der Waals surface area contributed by atoms with Crippen LogP contribution < -0.4 is 0 Å². The summed E-state index contributed by atoms with van der Waals surface area (Å²) < 4.78 is 37.0. The third-order valence-corrected chi connectivity index (χ3v) is 7.81. The van der Waals surface area contributed by atoms with E-state index in [0.717, 1.165) is 29.5 Å². The van der Waals surface area contributed by atoms with Crippen LogP contribution in [-0.4, -0.2) is 70.6 Å². The number of esters is 1. The fourth-order valence-electron chi connectivity index (χ4n) is 6.23. The van der Waals surface area contributed by atoms with Gasteiger partial charge in [0, 0.05) is 12.6 Å². The maximum absolute atomic E-state index is 13.4. The summed E-state index contributed by atoms with van der Waals surface area (Å²) in [4.78, 5) is 52.4. The number of hydrogen-bond donors (Lipinski definition) is 1. The maximum Gasteiger partial charge on any atom is 0.490 e. The molecule has 8 nitrogen and oxygen atoms in total. The number of piperidine rings is 1. The number of hydrogen-bond acceptors (Lipinski definition) is 6. The van der Waals surface area contributed by atoms with Crippen molar-refractivity contribution in [2.24, 2.45) is 11.8 Å². The molecule has 0 spiro atoms. The van der Waals surface area contributed by atoms with Crippen LogP contribution in [-0.2, 0) is 23.9 Å². The van der Waals surface area contributed by atoms with Crippen LogP contribution in [0.4, 0.5) is 13.2 Å². The first-order valence-electron chi connectivity index (χ1n) is 12.6. The highest BCUT2D eigenvalue weighted by atomic mass is 19.4. The van der Waals surface area contributed by atoms with E-state index in [1.807, 2.05) is 37.3 Å². The van der Waals surface area contributed by atoms with E-state index in [4.69, 9.17) is 14.6 Å². The van der Waals surface area contributed by atoms with Crippen LogP contribution in [0.2, 0.25) is 0 Å². The summed E-state index contributed by atoms with van der Waals surface area (Å²) in [5.74, 6) is -4.81. The number of carboxylic acid groups (broad SMARTS) is 1. The van der Waals surface area contributed by atoms with Crippen molar-refractivity contribution in [2.45, 2.75) is 43.9 Å². The van der Waals surface area contributed by atoms with Gasteiger partial charge in [-0.15, -0.1) is 0 Å². The van der Waals surface area contributed by atoms with Crippen LogP contribution in [0.3, 0.4) is 0 Å². The van der Waals surface area contributed by atoms with Gasteiger partial charge in [0.05, 0.1) is 18.9 Å². The third kappa shape index (κ3) is 4.80. The van der Waals surface area contributed by atoms with Gasteiger partial charge in [0.15, 0.2) is 0 Å². The number of rotatable bonds is 4. The van der Waals surface area contributed by atoms with E-state index < -0.39 is 35.5 Å². The van der Waals surface area contributed by atoms with Crippen molar-refractivity contribution in [3.05, 3.63) is 60.2 Å². The lowest BCUT2D eigenvalue weighted by molar-refractivity contribution is -0.192.